The van der Waals surface area contributed by atoms with Crippen LogP contribution < -0.4 is 15.0 Å². The van der Waals surface area contributed by atoms with E-state index in [1.807, 2.05) is 18.2 Å². The number of nitrogens with one attached hydrogen (secondary N) is 1. The Morgan fingerprint density at radius 3 is 2.82 bits per heavy atom. The van der Waals surface area contributed by atoms with E-state index in [2.05, 4.69) is 21.2 Å². The zero-order valence-corrected chi connectivity index (χ0v) is 23.3. The Balaban J connectivity index is 1.64. The molecular weight excluding hydrogens is 595 g/mol. The molecule has 39 heavy (non-hydrogen) atoms. The number of nitrogens with zero attached hydrogens (tertiary/aromatic N) is 3. The Labute approximate surface area is 235 Å². The predicted octanol–water partition coefficient (Wildman–Crippen LogP) is 3.78. The summed E-state index contributed by atoms with van der Waals surface area (Å²) in [5, 5.41) is 13.7. The molecule has 5 rings (SSSR count). The van der Waals surface area contributed by atoms with E-state index in [0.717, 1.165) is 10.2 Å². The van der Waals surface area contributed by atoms with Gasteiger partial charge in [0, 0.05) is 23.8 Å². The number of thiazole rings is 1. The molecule has 1 saturated heterocycles. The SMILES string of the molecule is COC(=O)C1=C(CN2CCOCC2C(=O)O)NC(c2nc3ccc(OC)cc3s2)=CN1c1ccc(F)cc1Br. The van der Waals surface area contributed by atoms with Gasteiger partial charge in [-0.05, 0) is 52.3 Å². The first kappa shape index (κ1) is 27.1. The number of carbonyl (C=O) groups is 2. The van der Waals surface area contributed by atoms with Gasteiger partial charge < -0.3 is 29.5 Å². The van der Waals surface area contributed by atoms with E-state index < -0.39 is 23.8 Å². The van der Waals surface area contributed by atoms with Crippen LogP contribution in [0.15, 0.2) is 58.5 Å². The molecule has 0 amide bonds. The number of aliphatic carboxylic acids is 1. The highest BCUT2D eigenvalue weighted by Gasteiger charge is 2.35. The van der Waals surface area contributed by atoms with Gasteiger partial charge in [0.25, 0.3) is 0 Å². The summed E-state index contributed by atoms with van der Waals surface area (Å²) in [5.41, 5.74) is 2.34. The van der Waals surface area contributed by atoms with Gasteiger partial charge in [0.2, 0.25) is 0 Å². The van der Waals surface area contributed by atoms with Crippen molar-refractivity contribution in [3.63, 3.8) is 0 Å². The highest BCUT2D eigenvalue weighted by Crippen LogP contribution is 2.37. The van der Waals surface area contributed by atoms with Gasteiger partial charge in [-0.15, -0.1) is 11.3 Å². The average Bonchev–Trinajstić information content (AvgIpc) is 3.36. The Morgan fingerprint density at radius 2 is 2.10 bits per heavy atom. The summed E-state index contributed by atoms with van der Waals surface area (Å²) in [6.45, 7) is 0.791. The quantitative estimate of drug-likeness (QED) is 0.379. The van der Waals surface area contributed by atoms with Gasteiger partial charge in [-0.25, -0.2) is 14.2 Å². The van der Waals surface area contributed by atoms with E-state index in [0.29, 0.717) is 45.5 Å². The third-order valence-electron chi connectivity index (χ3n) is 6.33. The lowest BCUT2D eigenvalue weighted by molar-refractivity contribution is -0.149. The lowest BCUT2D eigenvalue weighted by Crippen LogP contribution is -2.52. The number of halogens is 2. The van der Waals surface area contributed by atoms with Crippen molar-refractivity contribution in [2.45, 2.75) is 6.04 Å². The number of aromatic nitrogens is 1. The standard InChI is InChI=1S/C26H24BrFN4O6S/c1-36-15-4-5-17-22(10-15)39-24(30-17)19-12-32(20-6-3-14(28)9-16(20)27)23(26(35)37-2)18(29-19)11-31-7-8-38-13-21(31)25(33)34/h3-6,9-10,12,21,29H,7-8,11,13H2,1-2H3,(H,33,34). The highest BCUT2D eigenvalue weighted by molar-refractivity contribution is 9.10. The minimum Gasteiger partial charge on any atom is -0.497 e. The monoisotopic (exact) mass is 618 g/mol. The van der Waals surface area contributed by atoms with Crippen molar-refractivity contribution in [3.05, 3.63) is 69.3 Å². The van der Waals surface area contributed by atoms with Crippen molar-refractivity contribution in [3.8, 4) is 5.75 Å². The Morgan fingerprint density at radius 1 is 1.28 bits per heavy atom. The number of carboxylic acid groups (broad SMARTS) is 1. The topological polar surface area (TPSA) is 113 Å². The molecule has 0 radical (unpaired) electrons. The number of hydrogen-bond donors (Lipinski definition) is 2. The van der Waals surface area contributed by atoms with Gasteiger partial charge >= 0.3 is 11.9 Å². The Kier molecular flexibility index (Phi) is 7.84. The van der Waals surface area contributed by atoms with Gasteiger partial charge in [-0.3, -0.25) is 9.69 Å². The summed E-state index contributed by atoms with van der Waals surface area (Å²) in [6.07, 6.45) is 1.69. The van der Waals surface area contributed by atoms with Crippen LogP contribution in [0.2, 0.25) is 0 Å². The molecule has 1 unspecified atom stereocenters. The molecular formula is C26H24BrFN4O6S. The zero-order chi connectivity index (χ0) is 27.7. The molecule has 2 aliphatic rings. The number of anilines is 1. The molecule has 13 heteroatoms. The molecule has 2 N–H and O–H groups in total. The van der Waals surface area contributed by atoms with E-state index in [1.165, 1.54) is 36.6 Å². The van der Waals surface area contributed by atoms with Crippen molar-refractivity contribution in [1.82, 2.24) is 15.2 Å². The molecule has 1 atom stereocenters. The molecule has 10 nitrogen and oxygen atoms in total. The van der Waals surface area contributed by atoms with Gasteiger partial charge in [0.05, 0.1) is 54.7 Å². The van der Waals surface area contributed by atoms with Crippen molar-refractivity contribution in [1.29, 1.82) is 0 Å². The molecule has 3 aromatic rings. The van der Waals surface area contributed by atoms with E-state index in [9.17, 15) is 19.1 Å². The molecule has 204 valence electrons. The smallest absolute Gasteiger partial charge is 0.356 e. The number of methoxy groups -OCH3 is 2. The van der Waals surface area contributed by atoms with Crippen LogP contribution >= 0.6 is 27.3 Å². The zero-order valence-electron chi connectivity index (χ0n) is 20.9. The normalized spacial score (nSPS) is 18.1. The minimum atomic E-state index is -1.03. The molecule has 0 aliphatic carbocycles. The summed E-state index contributed by atoms with van der Waals surface area (Å²) >= 11 is 4.83. The third-order valence-corrected chi connectivity index (χ3v) is 8.02. The van der Waals surface area contributed by atoms with Gasteiger partial charge in [0.15, 0.2) is 5.70 Å². The van der Waals surface area contributed by atoms with E-state index >= 15 is 0 Å². The molecule has 0 spiro atoms. The fourth-order valence-corrected chi connectivity index (χ4v) is 5.91. The molecule has 1 aromatic heterocycles. The number of morpholine rings is 1. The number of rotatable bonds is 7. The van der Waals surface area contributed by atoms with Crippen molar-refractivity contribution in [2.75, 3.05) is 45.4 Å². The number of ether oxygens (including phenoxy) is 3. The fraction of sp³-hybridized carbons (Fsp3) is 0.269. The molecule has 3 heterocycles. The number of carboxylic acids is 1. The maximum absolute atomic E-state index is 14.0. The number of fused-ring (bicyclic) bond motifs is 1. The molecule has 1 fully saturated rings. The van der Waals surface area contributed by atoms with E-state index in [-0.39, 0.29) is 18.8 Å². The van der Waals surface area contributed by atoms with Crippen LogP contribution in [0.5, 0.6) is 5.75 Å². The van der Waals surface area contributed by atoms with Crippen molar-refractivity contribution >= 4 is 60.8 Å². The van der Waals surface area contributed by atoms with Crippen LogP contribution in [0.4, 0.5) is 10.1 Å². The van der Waals surface area contributed by atoms with E-state index in [1.54, 1.807) is 23.1 Å². The molecule has 2 aliphatic heterocycles. The first-order chi connectivity index (χ1) is 18.8. The summed E-state index contributed by atoms with van der Waals surface area (Å²) in [7, 11) is 2.86. The van der Waals surface area contributed by atoms with Crippen LogP contribution in [0.3, 0.4) is 0 Å². The summed E-state index contributed by atoms with van der Waals surface area (Å²) in [5.74, 6) is -1.44. The third kappa shape index (κ3) is 5.48. The second-order valence-electron chi connectivity index (χ2n) is 8.70. The summed E-state index contributed by atoms with van der Waals surface area (Å²) in [4.78, 5) is 33.2. The maximum Gasteiger partial charge on any atom is 0.356 e. The van der Waals surface area contributed by atoms with Gasteiger partial charge in [0.1, 0.15) is 22.6 Å². The second kappa shape index (κ2) is 11.3. The molecule has 0 bridgehead atoms. The van der Waals surface area contributed by atoms with Crippen molar-refractivity contribution < 1.29 is 33.3 Å². The largest absolute Gasteiger partial charge is 0.497 e. The average molecular weight is 619 g/mol. The fourth-order valence-electron chi connectivity index (χ4n) is 4.41. The summed E-state index contributed by atoms with van der Waals surface area (Å²) in [6, 6.07) is 8.79. The van der Waals surface area contributed by atoms with Crippen molar-refractivity contribution in [2.24, 2.45) is 0 Å². The van der Waals surface area contributed by atoms with Crippen LogP contribution in [0, 0.1) is 5.82 Å². The number of benzene rings is 2. The minimum absolute atomic E-state index is 0.0196. The van der Waals surface area contributed by atoms with Crippen LogP contribution in [-0.4, -0.2) is 73.5 Å². The lowest BCUT2D eigenvalue weighted by atomic mass is 10.1. The molecule has 2 aromatic carbocycles. The highest BCUT2D eigenvalue weighted by atomic mass is 79.9. The first-order valence-electron chi connectivity index (χ1n) is 11.8. The van der Waals surface area contributed by atoms with Crippen LogP contribution in [0.1, 0.15) is 5.01 Å². The van der Waals surface area contributed by atoms with Crippen LogP contribution in [-0.2, 0) is 19.1 Å². The number of esters is 1. The number of carbonyl (C=O) groups excluding carboxylic acids is 1. The van der Waals surface area contributed by atoms with E-state index in [4.69, 9.17) is 19.2 Å². The van der Waals surface area contributed by atoms with Gasteiger partial charge in [-0.2, -0.15) is 0 Å². The van der Waals surface area contributed by atoms with Crippen LogP contribution in [0.25, 0.3) is 15.9 Å². The Bertz CT molecular complexity index is 1510. The maximum atomic E-state index is 14.0. The molecule has 0 saturated carbocycles. The predicted molar refractivity (Wildman–Crippen MR) is 147 cm³/mol. The Hall–Kier alpha value is -3.52. The lowest BCUT2D eigenvalue weighted by Gasteiger charge is -2.37. The second-order valence-corrected chi connectivity index (χ2v) is 10.6. The number of hydrogen-bond acceptors (Lipinski definition) is 10. The first-order valence-corrected chi connectivity index (χ1v) is 13.4. The van der Waals surface area contributed by atoms with Gasteiger partial charge in [-0.1, -0.05) is 0 Å². The summed E-state index contributed by atoms with van der Waals surface area (Å²) < 4.78 is 31.1.